The second-order valence-electron chi connectivity index (χ2n) is 7.52. The highest BCUT2D eigenvalue weighted by molar-refractivity contribution is 7.89. The minimum atomic E-state index is -3.25. The number of sulfonamides is 1. The lowest BCUT2D eigenvalue weighted by Crippen LogP contribution is -2.50. The fourth-order valence-electron chi connectivity index (χ4n) is 3.93. The standard InChI is InChI=1S/C22H27FN2O3S/c1-2-16-29(27,28)25-14-12-22(13-15-25,18-8-4-3-5-9-18)17-24-21(26)19-10-6-7-11-20(19)23/h3-11H,2,12-17H2,1H3,(H,24,26). The zero-order valence-electron chi connectivity index (χ0n) is 16.6. The third-order valence-corrected chi connectivity index (χ3v) is 7.70. The Morgan fingerprint density at radius 2 is 1.69 bits per heavy atom. The zero-order valence-corrected chi connectivity index (χ0v) is 17.4. The van der Waals surface area contributed by atoms with E-state index < -0.39 is 21.7 Å². The van der Waals surface area contributed by atoms with Crippen LogP contribution in [0.25, 0.3) is 0 Å². The Kier molecular flexibility index (Phi) is 6.70. The molecule has 1 N–H and O–H groups in total. The van der Waals surface area contributed by atoms with Crippen molar-refractivity contribution < 1.29 is 17.6 Å². The van der Waals surface area contributed by atoms with E-state index in [1.807, 2.05) is 37.3 Å². The van der Waals surface area contributed by atoms with E-state index in [4.69, 9.17) is 0 Å². The normalized spacial score (nSPS) is 17.0. The maximum Gasteiger partial charge on any atom is 0.254 e. The van der Waals surface area contributed by atoms with Crippen molar-refractivity contribution in [2.45, 2.75) is 31.6 Å². The van der Waals surface area contributed by atoms with Crippen LogP contribution in [0.4, 0.5) is 4.39 Å². The second kappa shape index (κ2) is 9.05. The summed E-state index contributed by atoms with van der Waals surface area (Å²) in [4.78, 5) is 12.5. The van der Waals surface area contributed by atoms with Crippen molar-refractivity contribution in [3.05, 3.63) is 71.5 Å². The largest absolute Gasteiger partial charge is 0.351 e. The quantitative estimate of drug-likeness (QED) is 0.750. The fraction of sp³-hybridized carbons (Fsp3) is 0.409. The molecule has 156 valence electrons. The molecule has 0 spiro atoms. The van der Waals surface area contributed by atoms with Crippen molar-refractivity contribution in [1.29, 1.82) is 0 Å². The Morgan fingerprint density at radius 3 is 2.31 bits per heavy atom. The highest BCUT2D eigenvalue weighted by Crippen LogP contribution is 2.36. The van der Waals surface area contributed by atoms with E-state index in [1.54, 1.807) is 16.4 Å². The van der Waals surface area contributed by atoms with Gasteiger partial charge in [0.25, 0.3) is 5.91 Å². The maximum atomic E-state index is 13.9. The molecule has 0 bridgehead atoms. The SMILES string of the molecule is CCCS(=O)(=O)N1CCC(CNC(=O)c2ccccc2F)(c2ccccc2)CC1. The van der Waals surface area contributed by atoms with Crippen LogP contribution in [0.2, 0.25) is 0 Å². The molecule has 0 aliphatic carbocycles. The number of carbonyl (C=O) groups is 1. The molecule has 1 fully saturated rings. The van der Waals surface area contributed by atoms with E-state index in [-0.39, 0.29) is 16.7 Å². The molecular weight excluding hydrogens is 391 g/mol. The topological polar surface area (TPSA) is 66.5 Å². The number of rotatable bonds is 7. The number of hydrogen-bond donors (Lipinski definition) is 1. The molecular formula is C22H27FN2O3S. The summed E-state index contributed by atoms with van der Waals surface area (Å²) in [6.45, 7) is 3.00. The van der Waals surface area contributed by atoms with Crippen LogP contribution in [-0.4, -0.2) is 44.0 Å². The molecule has 1 aliphatic heterocycles. The number of amides is 1. The lowest BCUT2D eigenvalue weighted by atomic mass is 9.73. The van der Waals surface area contributed by atoms with Gasteiger partial charge in [0.15, 0.2) is 0 Å². The lowest BCUT2D eigenvalue weighted by Gasteiger charge is -2.42. The van der Waals surface area contributed by atoms with E-state index in [0.717, 1.165) is 5.56 Å². The summed E-state index contributed by atoms with van der Waals surface area (Å²) < 4.78 is 40.4. The highest BCUT2D eigenvalue weighted by atomic mass is 32.2. The van der Waals surface area contributed by atoms with Gasteiger partial charge in [-0.2, -0.15) is 0 Å². The van der Waals surface area contributed by atoms with Crippen LogP contribution in [-0.2, 0) is 15.4 Å². The van der Waals surface area contributed by atoms with Gasteiger partial charge in [-0.25, -0.2) is 17.1 Å². The number of hydrogen-bond acceptors (Lipinski definition) is 3. The summed E-state index contributed by atoms with van der Waals surface area (Å²) in [5, 5.41) is 2.88. The van der Waals surface area contributed by atoms with Gasteiger partial charge in [0, 0.05) is 25.0 Å². The number of benzene rings is 2. The Bertz CT molecular complexity index is 940. The van der Waals surface area contributed by atoms with Crippen LogP contribution < -0.4 is 5.32 Å². The first-order valence-corrected chi connectivity index (χ1v) is 11.5. The summed E-state index contributed by atoms with van der Waals surface area (Å²) in [6, 6.07) is 15.7. The van der Waals surface area contributed by atoms with Gasteiger partial charge in [-0.3, -0.25) is 4.79 Å². The van der Waals surface area contributed by atoms with Crippen molar-refractivity contribution >= 4 is 15.9 Å². The van der Waals surface area contributed by atoms with E-state index >= 15 is 0 Å². The molecule has 7 heteroatoms. The summed E-state index contributed by atoms with van der Waals surface area (Å²) in [6.07, 6.45) is 1.77. The third-order valence-electron chi connectivity index (χ3n) is 5.63. The van der Waals surface area contributed by atoms with Gasteiger partial charge >= 0.3 is 0 Å². The molecule has 0 aromatic heterocycles. The number of halogens is 1. The van der Waals surface area contributed by atoms with Crippen LogP contribution >= 0.6 is 0 Å². The molecule has 2 aromatic carbocycles. The Labute approximate surface area is 172 Å². The Hall–Kier alpha value is -2.25. The molecule has 1 amide bonds. The first kappa shape index (κ1) is 21.5. The second-order valence-corrected chi connectivity index (χ2v) is 9.61. The molecule has 1 saturated heterocycles. The third kappa shape index (κ3) is 4.85. The summed E-state index contributed by atoms with van der Waals surface area (Å²) in [7, 11) is -3.25. The number of nitrogens with zero attached hydrogens (tertiary/aromatic N) is 1. The molecule has 5 nitrogen and oxygen atoms in total. The zero-order chi connectivity index (χ0) is 20.9. The first-order chi connectivity index (χ1) is 13.9. The van der Waals surface area contributed by atoms with Crippen molar-refractivity contribution in [2.75, 3.05) is 25.4 Å². The number of carbonyl (C=O) groups excluding carboxylic acids is 1. The molecule has 0 saturated carbocycles. The summed E-state index contributed by atoms with van der Waals surface area (Å²) >= 11 is 0. The molecule has 0 atom stereocenters. The van der Waals surface area contributed by atoms with Gasteiger partial charge in [-0.15, -0.1) is 0 Å². The predicted molar refractivity (Wildman–Crippen MR) is 112 cm³/mol. The molecule has 1 aliphatic rings. The maximum absolute atomic E-state index is 13.9. The Balaban J connectivity index is 1.78. The first-order valence-electron chi connectivity index (χ1n) is 9.94. The van der Waals surface area contributed by atoms with Gasteiger partial charge in [-0.1, -0.05) is 49.4 Å². The molecule has 0 unspecified atom stereocenters. The van der Waals surface area contributed by atoms with Crippen LogP contribution in [0.15, 0.2) is 54.6 Å². The molecule has 0 radical (unpaired) electrons. The molecule has 29 heavy (non-hydrogen) atoms. The van der Waals surface area contributed by atoms with E-state index in [0.29, 0.717) is 38.9 Å². The minimum absolute atomic E-state index is 0.0127. The average Bonchev–Trinajstić information content (AvgIpc) is 2.73. The van der Waals surface area contributed by atoms with Crippen LogP contribution in [0.1, 0.15) is 42.1 Å². The van der Waals surface area contributed by atoms with Crippen molar-refractivity contribution in [1.82, 2.24) is 9.62 Å². The van der Waals surface area contributed by atoms with E-state index in [2.05, 4.69) is 5.32 Å². The smallest absolute Gasteiger partial charge is 0.254 e. The van der Waals surface area contributed by atoms with E-state index in [1.165, 1.54) is 12.1 Å². The van der Waals surface area contributed by atoms with Crippen molar-refractivity contribution in [3.63, 3.8) is 0 Å². The number of nitrogens with one attached hydrogen (secondary N) is 1. The van der Waals surface area contributed by atoms with E-state index in [9.17, 15) is 17.6 Å². The monoisotopic (exact) mass is 418 g/mol. The molecule has 3 rings (SSSR count). The van der Waals surface area contributed by atoms with Gasteiger partial charge in [0.05, 0.1) is 11.3 Å². The summed E-state index contributed by atoms with van der Waals surface area (Å²) in [5.41, 5.74) is 0.681. The average molecular weight is 419 g/mol. The van der Waals surface area contributed by atoms with Gasteiger partial charge in [-0.05, 0) is 37.0 Å². The summed E-state index contributed by atoms with van der Waals surface area (Å²) in [5.74, 6) is -0.867. The number of piperidine rings is 1. The lowest BCUT2D eigenvalue weighted by molar-refractivity contribution is 0.0929. The predicted octanol–water partition coefficient (Wildman–Crippen LogP) is 3.33. The minimum Gasteiger partial charge on any atom is -0.351 e. The van der Waals surface area contributed by atoms with Crippen molar-refractivity contribution in [2.24, 2.45) is 0 Å². The van der Waals surface area contributed by atoms with Crippen molar-refractivity contribution in [3.8, 4) is 0 Å². The van der Waals surface area contributed by atoms with Crippen LogP contribution in [0.3, 0.4) is 0 Å². The van der Waals surface area contributed by atoms with Crippen LogP contribution in [0, 0.1) is 5.82 Å². The fourth-order valence-corrected chi connectivity index (χ4v) is 5.44. The van der Waals surface area contributed by atoms with Gasteiger partial charge < -0.3 is 5.32 Å². The van der Waals surface area contributed by atoms with Gasteiger partial charge in [0.1, 0.15) is 5.82 Å². The molecule has 1 heterocycles. The Morgan fingerprint density at radius 1 is 1.07 bits per heavy atom. The van der Waals surface area contributed by atoms with Crippen LogP contribution in [0.5, 0.6) is 0 Å². The highest BCUT2D eigenvalue weighted by Gasteiger charge is 2.39. The molecule has 2 aromatic rings. The van der Waals surface area contributed by atoms with Gasteiger partial charge in [0.2, 0.25) is 10.0 Å².